The van der Waals surface area contributed by atoms with Gasteiger partial charge in [0.2, 0.25) is 0 Å². The van der Waals surface area contributed by atoms with E-state index in [0.717, 1.165) is 36.4 Å². The number of piperidine rings is 1. The number of hydrogen-bond donors (Lipinski definition) is 1. The van der Waals surface area contributed by atoms with Gasteiger partial charge in [0.05, 0.1) is 6.04 Å². The molecule has 1 fully saturated rings. The van der Waals surface area contributed by atoms with E-state index in [9.17, 15) is 5.11 Å². The highest BCUT2D eigenvalue weighted by Gasteiger charge is 2.38. The SMILES string of the molecule is CCCN1CCC[C@@H]2c3c(O)cc(C)cc3OC[C@H]21.Cl. The summed E-state index contributed by atoms with van der Waals surface area (Å²) in [5.41, 5.74) is 2.11. The number of rotatable bonds is 2. The Balaban J connectivity index is 0.00000147. The van der Waals surface area contributed by atoms with Gasteiger partial charge >= 0.3 is 0 Å². The van der Waals surface area contributed by atoms with Crippen LogP contribution >= 0.6 is 12.4 Å². The minimum Gasteiger partial charge on any atom is -0.508 e. The third kappa shape index (κ3) is 2.61. The van der Waals surface area contributed by atoms with Crippen molar-refractivity contribution >= 4 is 12.4 Å². The van der Waals surface area contributed by atoms with Gasteiger partial charge < -0.3 is 9.84 Å². The maximum Gasteiger partial charge on any atom is 0.126 e. The Bertz CT molecular complexity index is 476. The number of likely N-dealkylation sites (tertiary alicyclic amines) is 1. The molecule has 1 aromatic carbocycles. The number of ether oxygens (including phenoxy) is 1. The van der Waals surface area contributed by atoms with Crippen LogP contribution in [0.25, 0.3) is 0 Å². The highest BCUT2D eigenvalue weighted by molar-refractivity contribution is 5.85. The monoisotopic (exact) mass is 297 g/mol. The van der Waals surface area contributed by atoms with Crippen LogP contribution in [0.15, 0.2) is 12.1 Å². The van der Waals surface area contributed by atoms with Crippen LogP contribution < -0.4 is 4.74 Å². The van der Waals surface area contributed by atoms with Gasteiger partial charge in [-0.3, -0.25) is 4.90 Å². The molecule has 1 saturated heterocycles. The average Bonchev–Trinajstić information content (AvgIpc) is 2.38. The fourth-order valence-electron chi connectivity index (χ4n) is 3.66. The summed E-state index contributed by atoms with van der Waals surface area (Å²) in [5.74, 6) is 1.75. The summed E-state index contributed by atoms with van der Waals surface area (Å²) in [7, 11) is 0. The number of aryl methyl sites for hydroxylation is 1. The summed E-state index contributed by atoms with van der Waals surface area (Å²) in [6.07, 6.45) is 3.56. The number of benzene rings is 1. The van der Waals surface area contributed by atoms with Crippen molar-refractivity contribution in [2.45, 2.75) is 45.1 Å². The topological polar surface area (TPSA) is 32.7 Å². The van der Waals surface area contributed by atoms with Crippen LogP contribution in [0.3, 0.4) is 0 Å². The van der Waals surface area contributed by atoms with Crippen LogP contribution in [0.5, 0.6) is 11.5 Å². The second kappa shape index (κ2) is 6.23. The Kier molecular flexibility index (Phi) is 4.82. The van der Waals surface area contributed by atoms with E-state index in [-0.39, 0.29) is 12.4 Å². The average molecular weight is 298 g/mol. The van der Waals surface area contributed by atoms with Gasteiger partial charge in [0.25, 0.3) is 0 Å². The van der Waals surface area contributed by atoms with E-state index in [1.165, 1.54) is 19.4 Å². The molecule has 0 aromatic heterocycles. The van der Waals surface area contributed by atoms with Crippen molar-refractivity contribution in [2.24, 2.45) is 0 Å². The Hall–Kier alpha value is -0.930. The minimum atomic E-state index is 0. The van der Waals surface area contributed by atoms with Crippen molar-refractivity contribution in [3.8, 4) is 11.5 Å². The molecule has 4 heteroatoms. The molecule has 1 aromatic rings. The molecule has 20 heavy (non-hydrogen) atoms. The lowest BCUT2D eigenvalue weighted by atomic mass is 9.81. The summed E-state index contributed by atoms with van der Waals surface area (Å²) in [5, 5.41) is 10.3. The number of phenols is 1. The Morgan fingerprint density at radius 1 is 1.40 bits per heavy atom. The van der Waals surface area contributed by atoms with Gasteiger partial charge in [0.1, 0.15) is 18.1 Å². The number of fused-ring (bicyclic) bond motifs is 3. The third-order valence-electron chi connectivity index (χ3n) is 4.45. The molecule has 0 bridgehead atoms. The lowest BCUT2D eigenvalue weighted by molar-refractivity contribution is 0.0646. The van der Waals surface area contributed by atoms with E-state index >= 15 is 0 Å². The largest absolute Gasteiger partial charge is 0.508 e. The number of nitrogens with zero attached hydrogens (tertiary/aromatic N) is 1. The van der Waals surface area contributed by atoms with Crippen molar-refractivity contribution in [1.29, 1.82) is 0 Å². The molecule has 112 valence electrons. The van der Waals surface area contributed by atoms with Crippen LogP contribution in [0.4, 0.5) is 0 Å². The molecule has 0 unspecified atom stereocenters. The van der Waals surface area contributed by atoms with E-state index in [1.807, 2.05) is 13.0 Å². The summed E-state index contributed by atoms with van der Waals surface area (Å²) in [6.45, 7) is 7.29. The predicted octanol–water partition coefficient (Wildman–Crippen LogP) is 3.47. The standard InChI is InChI=1S/C16H23NO2.ClH/c1-3-6-17-7-4-5-12-13(17)10-19-15-9-11(2)8-14(18)16(12)15;/h8-9,12-13,18H,3-7,10H2,1-2H3;1H/t12-,13+;/m0./s1. The second-order valence-electron chi connectivity index (χ2n) is 5.86. The first-order chi connectivity index (χ1) is 9.20. The van der Waals surface area contributed by atoms with E-state index in [0.29, 0.717) is 17.7 Å². The molecule has 0 aliphatic carbocycles. The predicted molar refractivity (Wildman–Crippen MR) is 83.2 cm³/mol. The molecule has 3 rings (SSSR count). The van der Waals surface area contributed by atoms with Crippen LogP contribution in [0.2, 0.25) is 0 Å². The van der Waals surface area contributed by atoms with Gasteiger partial charge in [-0.05, 0) is 57.0 Å². The van der Waals surface area contributed by atoms with Crippen LogP contribution in [-0.2, 0) is 0 Å². The van der Waals surface area contributed by atoms with Crippen molar-refractivity contribution in [2.75, 3.05) is 19.7 Å². The summed E-state index contributed by atoms with van der Waals surface area (Å²) in [6, 6.07) is 4.36. The molecule has 2 aliphatic heterocycles. The molecule has 1 N–H and O–H groups in total. The molecule has 3 nitrogen and oxygen atoms in total. The molecule has 0 spiro atoms. The zero-order valence-electron chi connectivity index (χ0n) is 12.3. The van der Waals surface area contributed by atoms with Crippen molar-refractivity contribution in [3.63, 3.8) is 0 Å². The van der Waals surface area contributed by atoms with Crippen molar-refractivity contribution < 1.29 is 9.84 Å². The van der Waals surface area contributed by atoms with Crippen molar-refractivity contribution in [1.82, 2.24) is 4.90 Å². The number of aromatic hydroxyl groups is 1. The normalized spacial score (nSPS) is 25.1. The second-order valence-corrected chi connectivity index (χ2v) is 5.86. The first-order valence-electron chi connectivity index (χ1n) is 7.41. The van der Waals surface area contributed by atoms with E-state index in [2.05, 4.69) is 17.9 Å². The van der Waals surface area contributed by atoms with E-state index < -0.39 is 0 Å². The lowest BCUT2D eigenvalue weighted by Crippen LogP contribution is -2.49. The summed E-state index contributed by atoms with van der Waals surface area (Å²) in [4.78, 5) is 2.54. The van der Waals surface area contributed by atoms with Crippen molar-refractivity contribution in [3.05, 3.63) is 23.3 Å². The fourth-order valence-corrected chi connectivity index (χ4v) is 3.66. The first kappa shape index (κ1) is 15.5. The first-order valence-corrected chi connectivity index (χ1v) is 7.41. The Labute approximate surface area is 127 Å². The molecule has 2 aliphatic rings. The molecule has 2 heterocycles. The highest BCUT2D eigenvalue weighted by Crippen LogP contribution is 2.45. The van der Waals surface area contributed by atoms with Crippen LogP contribution in [-0.4, -0.2) is 35.7 Å². The zero-order chi connectivity index (χ0) is 13.4. The van der Waals surface area contributed by atoms with Crippen LogP contribution in [0, 0.1) is 6.92 Å². The van der Waals surface area contributed by atoms with Gasteiger partial charge in [0.15, 0.2) is 0 Å². The quantitative estimate of drug-likeness (QED) is 0.907. The maximum absolute atomic E-state index is 10.3. The Morgan fingerprint density at radius 2 is 2.20 bits per heavy atom. The Morgan fingerprint density at radius 3 is 2.95 bits per heavy atom. The maximum atomic E-state index is 10.3. The zero-order valence-corrected chi connectivity index (χ0v) is 13.1. The molecule has 2 atom stereocenters. The van der Waals surface area contributed by atoms with Gasteiger partial charge in [-0.25, -0.2) is 0 Å². The molecule has 0 radical (unpaired) electrons. The molecule has 0 saturated carbocycles. The van der Waals surface area contributed by atoms with E-state index in [1.54, 1.807) is 0 Å². The fraction of sp³-hybridized carbons (Fsp3) is 0.625. The number of hydrogen-bond acceptors (Lipinski definition) is 3. The number of phenolic OH excluding ortho intramolecular Hbond substituents is 1. The van der Waals surface area contributed by atoms with Gasteiger partial charge in [-0.1, -0.05) is 6.92 Å². The van der Waals surface area contributed by atoms with Gasteiger partial charge in [-0.15, -0.1) is 12.4 Å². The van der Waals surface area contributed by atoms with E-state index in [4.69, 9.17) is 4.74 Å². The lowest BCUT2D eigenvalue weighted by Gasteiger charge is -2.44. The van der Waals surface area contributed by atoms with Gasteiger partial charge in [0, 0.05) is 11.5 Å². The smallest absolute Gasteiger partial charge is 0.126 e. The van der Waals surface area contributed by atoms with Gasteiger partial charge in [-0.2, -0.15) is 0 Å². The minimum absolute atomic E-state index is 0. The highest BCUT2D eigenvalue weighted by atomic mass is 35.5. The molecular weight excluding hydrogens is 274 g/mol. The summed E-state index contributed by atoms with van der Waals surface area (Å²) >= 11 is 0. The number of halogens is 1. The molecule has 0 amide bonds. The van der Waals surface area contributed by atoms with Crippen LogP contribution in [0.1, 0.15) is 43.2 Å². The molecular formula is C16H24ClNO2. The third-order valence-corrected chi connectivity index (χ3v) is 4.45. The summed E-state index contributed by atoms with van der Waals surface area (Å²) < 4.78 is 5.93.